The van der Waals surface area contributed by atoms with Crippen LogP contribution in [0.4, 0.5) is 13.2 Å². The molecule has 8 heteroatoms. The molecule has 0 saturated heterocycles. The fourth-order valence-electron chi connectivity index (χ4n) is 1.45. The standard InChI is InChI=1S/C10H8F3NO4/c11-10(12,13)9(1-2-9)14-7(15)6-3-5(4-18-6)8(16)17/h3-4H,1-2H2,(H,14,15)(H,16,17). The molecule has 0 aromatic carbocycles. The predicted molar refractivity (Wildman–Crippen MR) is 51.2 cm³/mol. The number of furan rings is 1. The molecule has 0 spiro atoms. The molecular weight excluding hydrogens is 255 g/mol. The van der Waals surface area contributed by atoms with E-state index in [9.17, 15) is 22.8 Å². The molecule has 1 amide bonds. The molecule has 0 bridgehead atoms. The number of carbonyl (C=O) groups is 2. The van der Waals surface area contributed by atoms with Crippen molar-refractivity contribution in [3.05, 3.63) is 23.7 Å². The minimum Gasteiger partial charge on any atom is -0.478 e. The largest absolute Gasteiger partial charge is 0.478 e. The lowest BCUT2D eigenvalue weighted by Gasteiger charge is -2.19. The van der Waals surface area contributed by atoms with Crippen molar-refractivity contribution in [3.8, 4) is 0 Å². The van der Waals surface area contributed by atoms with Crippen molar-refractivity contribution < 1.29 is 32.3 Å². The Bertz CT molecular complexity index is 501. The summed E-state index contributed by atoms with van der Waals surface area (Å²) in [6, 6.07) is 0.879. The third-order valence-corrected chi connectivity index (χ3v) is 2.72. The van der Waals surface area contributed by atoms with Crippen LogP contribution in [-0.4, -0.2) is 28.7 Å². The van der Waals surface area contributed by atoms with Crippen LogP contribution in [0.3, 0.4) is 0 Å². The van der Waals surface area contributed by atoms with Crippen molar-refractivity contribution in [2.24, 2.45) is 0 Å². The van der Waals surface area contributed by atoms with Gasteiger partial charge in [0.2, 0.25) is 0 Å². The van der Waals surface area contributed by atoms with Crippen LogP contribution in [0, 0.1) is 0 Å². The predicted octanol–water partition coefficient (Wildman–Crippen LogP) is 1.80. The lowest BCUT2D eigenvalue weighted by atomic mass is 10.2. The second-order valence-corrected chi connectivity index (χ2v) is 4.04. The van der Waals surface area contributed by atoms with Gasteiger partial charge in [0.1, 0.15) is 11.8 Å². The van der Waals surface area contributed by atoms with Gasteiger partial charge in [-0.2, -0.15) is 13.2 Å². The molecule has 1 aromatic heterocycles. The number of halogens is 3. The molecule has 2 N–H and O–H groups in total. The van der Waals surface area contributed by atoms with E-state index in [1.54, 1.807) is 0 Å². The summed E-state index contributed by atoms with van der Waals surface area (Å²) in [5, 5.41) is 10.4. The topological polar surface area (TPSA) is 79.5 Å². The summed E-state index contributed by atoms with van der Waals surface area (Å²) in [6.07, 6.45) is -4.10. The van der Waals surface area contributed by atoms with E-state index in [1.165, 1.54) is 0 Å². The first kappa shape index (κ1) is 12.5. The van der Waals surface area contributed by atoms with Crippen LogP contribution in [0.25, 0.3) is 0 Å². The summed E-state index contributed by atoms with van der Waals surface area (Å²) < 4.78 is 42.3. The SMILES string of the molecule is O=C(O)c1coc(C(=O)NC2(C(F)(F)F)CC2)c1. The maximum absolute atomic E-state index is 12.6. The average molecular weight is 263 g/mol. The number of carboxylic acid groups (broad SMARTS) is 1. The van der Waals surface area contributed by atoms with E-state index in [-0.39, 0.29) is 18.4 Å². The number of alkyl halides is 3. The smallest absolute Gasteiger partial charge is 0.411 e. The minimum atomic E-state index is -4.52. The maximum Gasteiger partial charge on any atom is 0.411 e. The van der Waals surface area contributed by atoms with E-state index < -0.39 is 29.4 Å². The first-order chi connectivity index (χ1) is 8.25. The van der Waals surface area contributed by atoms with Gasteiger partial charge in [-0.15, -0.1) is 0 Å². The molecule has 1 aliphatic carbocycles. The van der Waals surface area contributed by atoms with Crippen LogP contribution in [0.5, 0.6) is 0 Å². The molecular formula is C10H8F3NO4. The van der Waals surface area contributed by atoms with Gasteiger partial charge in [-0.25, -0.2) is 4.79 Å². The van der Waals surface area contributed by atoms with Crippen LogP contribution in [0.15, 0.2) is 16.7 Å². The fourth-order valence-corrected chi connectivity index (χ4v) is 1.45. The van der Waals surface area contributed by atoms with Gasteiger partial charge in [-0.05, 0) is 12.8 Å². The Labute approximate surface area is 98.6 Å². The van der Waals surface area contributed by atoms with Crippen LogP contribution in [0.2, 0.25) is 0 Å². The molecule has 0 aliphatic heterocycles. The molecule has 1 saturated carbocycles. The molecule has 5 nitrogen and oxygen atoms in total. The zero-order chi connectivity index (χ0) is 13.6. The number of hydrogen-bond donors (Lipinski definition) is 2. The summed E-state index contributed by atoms with van der Waals surface area (Å²) in [6.45, 7) is 0. The first-order valence-corrected chi connectivity index (χ1v) is 4.96. The highest BCUT2D eigenvalue weighted by Gasteiger charge is 2.64. The molecule has 0 radical (unpaired) electrons. The zero-order valence-electron chi connectivity index (χ0n) is 8.87. The zero-order valence-corrected chi connectivity index (χ0v) is 8.87. The van der Waals surface area contributed by atoms with Crippen molar-refractivity contribution in [1.29, 1.82) is 0 Å². The van der Waals surface area contributed by atoms with Crippen LogP contribution >= 0.6 is 0 Å². The van der Waals surface area contributed by atoms with E-state index in [1.807, 2.05) is 5.32 Å². The van der Waals surface area contributed by atoms with Gasteiger partial charge in [-0.3, -0.25) is 4.79 Å². The lowest BCUT2D eigenvalue weighted by molar-refractivity contribution is -0.163. The van der Waals surface area contributed by atoms with Crippen LogP contribution in [0.1, 0.15) is 33.8 Å². The molecule has 98 valence electrons. The molecule has 1 fully saturated rings. The Kier molecular flexibility index (Phi) is 2.60. The van der Waals surface area contributed by atoms with E-state index >= 15 is 0 Å². The third kappa shape index (κ3) is 2.05. The molecule has 1 heterocycles. The fraction of sp³-hybridized carbons (Fsp3) is 0.400. The van der Waals surface area contributed by atoms with E-state index in [0.717, 1.165) is 12.3 Å². The van der Waals surface area contributed by atoms with Crippen molar-refractivity contribution in [2.45, 2.75) is 24.6 Å². The Hall–Kier alpha value is -1.99. The molecule has 0 unspecified atom stereocenters. The number of aromatic carboxylic acids is 1. The molecule has 1 aromatic rings. The number of carbonyl (C=O) groups excluding carboxylic acids is 1. The highest BCUT2D eigenvalue weighted by molar-refractivity contribution is 5.96. The molecule has 1 aliphatic rings. The maximum atomic E-state index is 12.6. The Morgan fingerprint density at radius 2 is 2.00 bits per heavy atom. The monoisotopic (exact) mass is 263 g/mol. The van der Waals surface area contributed by atoms with Gasteiger partial charge in [0.05, 0.1) is 5.56 Å². The van der Waals surface area contributed by atoms with Gasteiger partial charge < -0.3 is 14.8 Å². The molecule has 18 heavy (non-hydrogen) atoms. The van der Waals surface area contributed by atoms with Crippen molar-refractivity contribution in [3.63, 3.8) is 0 Å². The van der Waals surface area contributed by atoms with Gasteiger partial charge in [-0.1, -0.05) is 0 Å². The van der Waals surface area contributed by atoms with Gasteiger partial charge in [0.25, 0.3) is 5.91 Å². The van der Waals surface area contributed by atoms with Crippen molar-refractivity contribution in [2.75, 3.05) is 0 Å². The van der Waals surface area contributed by atoms with Gasteiger partial charge >= 0.3 is 12.1 Å². The van der Waals surface area contributed by atoms with Crippen LogP contribution < -0.4 is 5.32 Å². The van der Waals surface area contributed by atoms with E-state index in [2.05, 4.69) is 4.42 Å². The number of rotatable bonds is 3. The van der Waals surface area contributed by atoms with Crippen LogP contribution in [-0.2, 0) is 0 Å². The number of hydrogen-bond acceptors (Lipinski definition) is 3. The summed E-state index contributed by atoms with van der Waals surface area (Å²) in [5.41, 5.74) is -2.49. The lowest BCUT2D eigenvalue weighted by Crippen LogP contribution is -2.47. The Morgan fingerprint density at radius 1 is 1.39 bits per heavy atom. The quantitative estimate of drug-likeness (QED) is 0.871. The third-order valence-electron chi connectivity index (χ3n) is 2.72. The second kappa shape index (κ2) is 3.76. The summed E-state index contributed by atoms with van der Waals surface area (Å²) in [4.78, 5) is 22.0. The van der Waals surface area contributed by atoms with Crippen molar-refractivity contribution in [1.82, 2.24) is 5.32 Å². The van der Waals surface area contributed by atoms with Crippen molar-refractivity contribution >= 4 is 11.9 Å². The Balaban J connectivity index is 2.11. The summed E-state index contributed by atoms with van der Waals surface area (Å²) >= 11 is 0. The van der Waals surface area contributed by atoms with E-state index in [4.69, 9.17) is 5.11 Å². The second-order valence-electron chi connectivity index (χ2n) is 4.04. The van der Waals surface area contributed by atoms with E-state index in [0.29, 0.717) is 0 Å². The average Bonchev–Trinajstić information content (AvgIpc) is 2.87. The first-order valence-electron chi connectivity index (χ1n) is 4.96. The highest BCUT2D eigenvalue weighted by atomic mass is 19.4. The number of amides is 1. The Morgan fingerprint density at radius 3 is 2.39 bits per heavy atom. The number of nitrogens with one attached hydrogen (secondary N) is 1. The number of carboxylic acids is 1. The van der Waals surface area contributed by atoms with Gasteiger partial charge in [0.15, 0.2) is 5.76 Å². The minimum absolute atomic E-state index is 0.186. The molecule has 0 atom stereocenters. The van der Waals surface area contributed by atoms with Gasteiger partial charge in [0, 0.05) is 6.07 Å². The molecule has 2 rings (SSSR count). The normalized spacial score (nSPS) is 17.3. The summed E-state index contributed by atoms with van der Waals surface area (Å²) in [7, 11) is 0. The summed E-state index contributed by atoms with van der Waals surface area (Å²) in [5.74, 6) is -2.85. The highest BCUT2D eigenvalue weighted by Crippen LogP contribution is 2.49.